The summed E-state index contributed by atoms with van der Waals surface area (Å²) in [6.07, 6.45) is 5.86. The molecule has 0 radical (unpaired) electrons. The molecule has 1 heterocycles. The Morgan fingerprint density at radius 1 is 1.25 bits per heavy atom. The molecule has 2 nitrogen and oxygen atoms in total. The fraction of sp³-hybridized carbons (Fsp3) is 0.643. The van der Waals surface area contributed by atoms with Gasteiger partial charge in [0.2, 0.25) is 0 Å². The minimum absolute atomic E-state index is 0.832. The number of aromatic nitrogens is 1. The molecule has 0 unspecified atom stereocenters. The van der Waals surface area contributed by atoms with Gasteiger partial charge in [0.05, 0.1) is 5.69 Å². The molecule has 0 atom stereocenters. The summed E-state index contributed by atoms with van der Waals surface area (Å²) in [5, 5.41) is 3.43. The fourth-order valence-electron chi connectivity index (χ4n) is 1.62. The van der Waals surface area contributed by atoms with E-state index in [1.54, 1.807) is 0 Å². The summed E-state index contributed by atoms with van der Waals surface area (Å²) in [4.78, 5) is 4.36. The van der Waals surface area contributed by atoms with Crippen LogP contribution in [0.3, 0.4) is 0 Å². The maximum atomic E-state index is 4.36. The number of hydrogen-bond acceptors (Lipinski definition) is 2. The number of aryl methyl sites for hydroxylation is 1. The van der Waals surface area contributed by atoms with Crippen LogP contribution in [0.1, 0.15) is 44.4 Å². The van der Waals surface area contributed by atoms with Crippen molar-refractivity contribution in [1.29, 1.82) is 0 Å². The van der Waals surface area contributed by atoms with Gasteiger partial charge >= 0.3 is 0 Å². The first-order valence-electron chi connectivity index (χ1n) is 6.30. The second-order valence-electron chi connectivity index (χ2n) is 4.89. The van der Waals surface area contributed by atoms with Gasteiger partial charge in [-0.1, -0.05) is 32.8 Å². The number of rotatable bonds is 7. The van der Waals surface area contributed by atoms with Crippen LogP contribution < -0.4 is 5.32 Å². The number of nitrogens with zero attached hydrogens (tertiary/aromatic N) is 1. The number of nitrogens with one attached hydrogen (secondary N) is 1. The fourth-order valence-corrected chi connectivity index (χ4v) is 1.62. The van der Waals surface area contributed by atoms with Crippen LogP contribution in [0.4, 0.5) is 0 Å². The third-order valence-electron chi connectivity index (χ3n) is 2.66. The van der Waals surface area contributed by atoms with Crippen LogP contribution in [0.25, 0.3) is 0 Å². The first kappa shape index (κ1) is 13.2. The minimum atomic E-state index is 0.832. The van der Waals surface area contributed by atoms with Crippen molar-refractivity contribution in [3.8, 4) is 0 Å². The molecule has 0 fully saturated rings. The third-order valence-corrected chi connectivity index (χ3v) is 2.66. The zero-order valence-corrected chi connectivity index (χ0v) is 10.8. The van der Waals surface area contributed by atoms with Crippen molar-refractivity contribution in [3.05, 3.63) is 29.6 Å². The molecule has 0 bridgehead atoms. The van der Waals surface area contributed by atoms with Gasteiger partial charge in [0, 0.05) is 12.7 Å². The molecule has 1 rings (SSSR count). The Kier molecular flexibility index (Phi) is 6.09. The average molecular weight is 220 g/mol. The lowest BCUT2D eigenvalue weighted by Crippen LogP contribution is -2.15. The third kappa shape index (κ3) is 5.86. The lowest BCUT2D eigenvalue weighted by molar-refractivity contribution is 0.519. The molecule has 0 aromatic carbocycles. The SMILES string of the molecule is Cc1ccc(CNCCCCC(C)C)nc1. The molecule has 0 aliphatic heterocycles. The molecule has 90 valence electrons. The summed E-state index contributed by atoms with van der Waals surface area (Å²) in [6, 6.07) is 4.21. The zero-order valence-electron chi connectivity index (χ0n) is 10.8. The van der Waals surface area contributed by atoms with E-state index in [4.69, 9.17) is 0 Å². The smallest absolute Gasteiger partial charge is 0.0541 e. The molecule has 0 saturated heterocycles. The van der Waals surface area contributed by atoms with Gasteiger partial charge in [-0.2, -0.15) is 0 Å². The molecule has 1 N–H and O–H groups in total. The molecule has 0 aliphatic carbocycles. The molecule has 16 heavy (non-hydrogen) atoms. The Morgan fingerprint density at radius 3 is 2.69 bits per heavy atom. The van der Waals surface area contributed by atoms with Crippen molar-refractivity contribution in [2.45, 2.75) is 46.6 Å². The lowest BCUT2D eigenvalue weighted by Gasteiger charge is -2.06. The molecule has 1 aromatic heterocycles. The summed E-state index contributed by atoms with van der Waals surface area (Å²) < 4.78 is 0. The molecule has 0 spiro atoms. The highest BCUT2D eigenvalue weighted by molar-refractivity contribution is 5.11. The van der Waals surface area contributed by atoms with Crippen molar-refractivity contribution in [2.24, 2.45) is 5.92 Å². The van der Waals surface area contributed by atoms with E-state index in [2.05, 4.69) is 43.2 Å². The number of unbranched alkanes of at least 4 members (excludes halogenated alkanes) is 1. The lowest BCUT2D eigenvalue weighted by atomic mass is 10.1. The van der Waals surface area contributed by atoms with Crippen molar-refractivity contribution < 1.29 is 0 Å². The van der Waals surface area contributed by atoms with Gasteiger partial charge in [-0.05, 0) is 37.4 Å². The molecule has 2 heteroatoms. The van der Waals surface area contributed by atoms with E-state index < -0.39 is 0 Å². The zero-order chi connectivity index (χ0) is 11.8. The molecule has 1 aromatic rings. The van der Waals surface area contributed by atoms with E-state index in [0.29, 0.717) is 0 Å². The van der Waals surface area contributed by atoms with Gasteiger partial charge in [-0.3, -0.25) is 4.98 Å². The molecular formula is C14H24N2. The van der Waals surface area contributed by atoms with Gasteiger partial charge in [-0.25, -0.2) is 0 Å². The van der Waals surface area contributed by atoms with Gasteiger partial charge in [0.25, 0.3) is 0 Å². The average Bonchev–Trinajstić information content (AvgIpc) is 2.25. The van der Waals surface area contributed by atoms with Gasteiger partial charge < -0.3 is 5.32 Å². The quantitative estimate of drug-likeness (QED) is 0.713. The Balaban J connectivity index is 2.05. The monoisotopic (exact) mass is 220 g/mol. The standard InChI is InChI=1S/C14H24N2/c1-12(2)6-4-5-9-15-11-14-8-7-13(3)10-16-14/h7-8,10,12,15H,4-6,9,11H2,1-3H3. The van der Waals surface area contributed by atoms with Crippen LogP contribution in [0.15, 0.2) is 18.3 Å². The first-order valence-corrected chi connectivity index (χ1v) is 6.30. The van der Waals surface area contributed by atoms with Crippen molar-refractivity contribution >= 4 is 0 Å². The molecular weight excluding hydrogens is 196 g/mol. The van der Waals surface area contributed by atoms with E-state index in [9.17, 15) is 0 Å². The van der Waals surface area contributed by atoms with Crippen LogP contribution in [-0.4, -0.2) is 11.5 Å². The predicted molar refractivity (Wildman–Crippen MR) is 69.4 cm³/mol. The van der Waals surface area contributed by atoms with Crippen LogP contribution in [0, 0.1) is 12.8 Å². The van der Waals surface area contributed by atoms with E-state index in [1.165, 1.54) is 24.8 Å². The predicted octanol–water partition coefficient (Wildman–Crippen LogP) is 3.31. The number of pyridine rings is 1. The highest BCUT2D eigenvalue weighted by Crippen LogP contribution is 2.05. The van der Waals surface area contributed by atoms with Gasteiger partial charge in [0.15, 0.2) is 0 Å². The minimum Gasteiger partial charge on any atom is -0.311 e. The van der Waals surface area contributed by atoms with Crippen molar-refractivity contribution in [3.63, 3.8) is 0 Å². The maximum absolute atomic E-state index is 4.36. The second kappa shape index (κ2) is 7.39. The van der Waals surface area contributed by atoms with Crippen molar-refractivity contribution in [1.82, 2.24) is 10.3 Å². The van der Waals surface area contributed by atoms with Crippen LogP contribution in [0.5, 0.6) is 0 Å². The molecule has 0 amide bonds. The van der Waals surface area contributed by atoms with E-state index in [0.717, 1.165) is 24.7 Å². The normalized spacial score (nSPS) is 11.0. The van der Waals surface area contributed by atoms with E-state index in [1.807, 2.05) is 6.20 Å². The maximum Gasteiger partial charge on any atom is 0.0541 e. The second-order valence-corrected chi connectivity index (χ2v) is 4.89. The molecule has 0 aliphatic rings. The highest BCUT2D eigenvalue weighted by atomic mass is 14.9. The Morgan fingerprint density at radius 2 is 2.06 bits per heavy atom. The Labute approximate surface area is 99.5 Å². The largest absolute Gasteiger partial charge is 0.311 e. The summed E-state index contributed by atoms with van der Waals surface area (Å²) in [6.45, 7) is 8.62. The molecule has 0 saturated carbocycles. The topological polar surface area (TPSA) is 24.9 Å². The van der Waals surface area contributed by atoms with E-state index >= 15 is 0 Å². The highest BCUT2D eigenvalue weighted by Gasteiger charge is 1.95. The van der Waals surface area contributed by atoms with Gasteiger partial charge in [-0.15, -0.1) is 0 Å². The summed E-state index contributed by atoms with van der Waals surface area (Å²) in [7, 11) is 0. The van der Waals surface area contributed by atoms with Crippen LogP contribution in [0.2, 0.25) is 0 Å². The Bertz CT molecular complexity index is 277. The van der Waals surface area contributed by atoms with Crippen molar-refractivity contribution in [2.75, 3.05) is 6.54 Å². The number of hydrogen-bond donors (Lipinski definition) is 1. The van der Waals surface area contributed by atoms with E-state index in [-0.39, 0.29) is 0 Å². The Hall–Kier alpha value is -0.890. The summed E-state index contributed by atoms with van der Waals surface area (Å²) in [5.74, 6) is 0.832. The first-order chi connectivity index (χ1) is 7.68. The van der Waals surface area contributed by atoms with Crippen LogP contribution >= 0.6 is 0 Å². The van der Waals surface area contributed by atoms with Gasteiger partial charge in [0.1, 0.15) is 0 Å². The summed E-state index contributed by atoms with van der Waals surface area (Å²) in [5.41, 5.74) is 2.36. The summed E-state index contributed by atoms with van der Waals surface area (Å²) >= 11 is 0. The van der Waals surface area contributed by atoms with Crippen LogP contribution in [-0.2, 0) is 6.54 Å².